The topological polar surface area (TPSA) is 17.1 Å². The van der Waals surface area contributed by atoms with Crippen LogP contribution in [0.25, 0.3) is 0 Å². The third kappa shape index (κ3) is 2.20. The molecule has 1 aliphatic carbocycles. The maximum atomic E-state index is 12.9. The monoisotopic (exact) mass is 372 g/mol. The molecule has 0 amide bonds. The minimum atomic E-state index is -0.963. The van der Waals surface area contributed by atoms with Gasteiger partial charge in [0, 0.05) is 21.2 Å². The first-order chi connectivity index (χ1) is 11.5. The standard InChI is InChI=1S/C20H11Cl3O/c21-13-7-5-12(6-8-13)20(23)17-4-2-1-3-15(17)19(24)16-11-14(22)9-10-18(16)20/h1-11H. The van der Waals surface area contributed by atoms with E-state index in [0.29, 0.717) is 21.2 Å². The molecule has 4 rings (SSSR count). The van der Waals surface area contributed by atoms with Crippen molar-refractivity contribution in [1.29, 1.82) is 0 Å². The molecule has 1 aliphatic rings. The number of fused-ring (bicyclic) bond motifs is 2. The van der Waals surface area contributed by atoms with Crippen molar-refractivity contribution in [3.05, 3.63) is 105 Å². The second kappa shape index (κ2) is 5.63. The van der Waals surface area contributed by atoms with E-state index in [9.17, 15) is 4.79 Å². The molecule has 3 aromatic carbocycles. The van der Waals surface area contributed by atoms with Crippen molar-refractivity contribution in [1.82, 2.24) is 0 Å². The van der Waals surface area contributed by atoms with Crippen LogP contribution in [-0.2, 0) is 4.87 Å². The Balaban J connectivity index is 2.09. The van der Waals surface area contributed by atoms with E-state index in [1.54, 1.807) is 30.3 Å². The van der Waals surface area contributed by atoms with Gasteiger partial charge in [0.25, 0.3) is 0 Å². The summed E-state index contributed by atoms with van der Waals surface area (Å²) in [6.45, 7) is 0. The van der Waals surface area contributed by atoms with Gasteiger partial charge in [0.15, 0.2) is 5.78 Å². The highest BCUT2D eigenvalue weighted by Gasteiger charge is 2.43. The summed E-state index contributed by atoms with van der Waals surface area (Å²) in [5, 5.41) is 1.15. The van der Waals surface area contributed by atoms with Crippen LogP contribution in [0.1, 0.15) is 32.6 Å². The second-order valence-corrected chi connectivity index (χ2v) is 7.17. The lowest BCUT2D eigenvalue weighted by Gasteiger charge is -2.35. The molecule has 1 unspecified atom stereocenters. The summed E-state index contributed by atoms with van der Waals surface area (Å²) in [6.07, 6.45) is 0. The fourth-order valence-electron chi connectivity index (χ4n) is 3.27. The number of alkyl halides is 1. The van der Waals surface area contributed by atoms with Gasteiger partial charge in [-0.3, -0.25) is 4.79 Å². The van der Waals surface area contributed by atoms with Crippen molar-refractivity contribution in [2.24, 2.45) is 0 Å². The van der Waals surface area contributed by atoms with Crippen molar-refractivity contribution >= 4 is 40.6 Å². The molecule has 0 bridgehead atoms. The first-order valence-corrected chi connectivity index (χ1v) is 8.54. The summed E-state index contributed by atoms with van der Waals surface area (Å²) in [6, 6.07) is 20.1. The molecule has 4 heteroatoms. The quantitative estimate of drug-likeness (QED) is 0.473. The summed E-state index contributed by atoms with van der Waals surface area (Å²) in [7, 11) is 0. The summed E-state index contributed by atoms with van der Waals surface area (Å²) in [5.74, 6) is -0.0617. The number of carbonyl (C=O) groups excluding carboxylic acids is 1. The molecule has 1 atom stereocenters. The summed E-state index contributed by atoms with van der Waals surface area (Å²) in [5.41, 5.74) is 3.49. The van der Waals surface area contributed by atoms with Gasteiger partial charge in [-0.05, 0) is 41.0 Å². The Morgan fingerprint density at radius 1 is 0.708 bits per heavy atom. The number of benzene rings is 3. The Labute approximate surface area is 154 Å². The summed E-state index contributed by atoms with van der Waals surface area (Å²) >= 11 is 19.3. The van der Waals surface area contributed by atoms with Gasteiger partial charge in [-0.1, -0.05) is 65.7 Å². The van der Waals surface area contributed by atoms with Gasteiger partial charge >= 0.3 is 0 Å². The van der Waals surface area contributed by atoms with Gasteiger partial charge < -0.3 is 0 Å². The largest absolute Gasteiger partial charge is 0.289 e. The van der Waals surface area contributed by atoms with Crippen LogP contribution in [0.4, 0.5) is 0 Å². The SMILES string of the molecule is O=C1c2ccccc2C(Cl)(c2ccc(Cl)cc2)c2ccc(Cl)cc21. The third-order valence-electron chi connectivity index (χ3n) is 4.38. The number of ketones is 1. The molecule has 0 aliphatic heterocycles. The number of hydrogen-bond acceptors (Lipinski definition) is 1. The smallest absolute Gasteiger partial charge is 0.193 e. The lowest BCUT2D eigenvalue weighted by molar-refractivity contribution is 0.103. The van der Waals surface area contributed by atoms with Gasteiger partial charge in [0.1, 0.15) is 4.87 Å². The maximum absolute atomic E-state index is 12.9. The predicted molar refractivity (Wildman–Crippen MR) is 98.5 cm³/mol. The van der Waals surface area contributed by atoms with Crippen molar-refractivity contribution in [2.45, 2.75) is 4.87 Å². The van der Waals surface area contributed by atoms with Gasteiger partial charge in [-0.2, -0.15) is 0 Å². The first kappa shape index (κ1) is 15.7. The molecule has 1 nitrogen and oxygen atoms in total. The lowest BCUT2D eigenvalue weighted by atomic mass is 9.73. The Morgan fingerprint density at radius 2 is 1.33 bits per heavy atom. The van der Waals surface area contributed by atoms with Crippen molar-refractivity contribution < 1.29 is 4.79 Å². The first-order valence-electron chi connectivity index (χ1n) is 7.41. The molecule has 0 saturated carbocycles. The third-order valence-corrected chi connectivity index (χ3v) is 5.49. The van der Waals surface area contributed by atoms with Gasteiger partial charge in [-0.15, -0.1) is 11.6 Å². The lowest BCUT2D eigenvalue weighted by Crippen LogP contribution is -2.32. The average Bonchev–Trinajstić information content (AvgIpc) is 2.60. The molecule has 0 heterocycles. The van der Waals surface area contributed by atoms with E-state index in [-0.39, 0.29) is 5.78 Å². The Morgan fingerprint density at radius 3 is 2.08 bits per heavy atom. The zero-order valence-corrected chi connectivity index (χ0v) is 14.7. The fraction of sp³-hybridized carbons (Fsp3) is 0.0500. The summed E-state index contributed by atoms with van der Waals surface area (Å²) in [4.78, 5) is 11.9. The Hall–Kier alpha value is -1.80. The van der Waals surface area contributed by atoms with E-state index < -0.39 is 4.87 Å². The van der Waals surface area contributed by atoms with E-state index in [1.165, 1.54) is 0 Å². The van der Waals surface area contributed by atoms with Crippen LogP contribution in [0.3, 0.4) is 0 Å². The van der Waals surface area contributed by atoms with Crippen molar-refractivity contribution in [3.8, 4) is 0 Å². The van der Waals surface area contributed by atoms with Crippen LogP contribution in [0, 0.1) is 0 Å². The molecule has 0 saturated heterocycles. The Bertz CT molecular complexity index is 963. The maximum Gasteiger partial charge on any atom is 0.193 e. The molecule has 0 N–H and O–H groups in total. The number of carbonyl (C=O) groups is 1. The number of rotatable bonds is 1. The number of hydrogen-bond donors (Lipinski definition) is 0. The van der Waals surface area contributed by atoms with Crippen LogP contribution in [0.15, 0.2) is 66.7 Å². The van der Waals surface area contributed by atoms with Gasteiger partial charge in [-0.25, -0.2) is 0 Å². The van der Waals surface area contributed by atoms with Gasteiger partial charge in [0.2, 0.25) is 0 Å². The van der Waals surface area contributed by atoms with E-state index in [4.69, 9.17) is 34.8 Å². The minimum absolute atomic E-state index is 0.0617. The molecule has 0 spiro atoms. The molecule has 0 aromatic heterocycles. The number of halogens is 3. The van der Waals surface area contributed by atoms with Crippen molar-refractivity contribution in [3.63, 3.8) is 0 Å². The van der Waals surface area contributed by atoms with Gasteiger partial charge in [0.05, 0.1) is 0 Å². The fourth-order valence-corrected chi connectivity index (χ4v) is 4.02. The molecule has 118 valence electrons. The van der Waals surface area contributed by atoms with E-state index >= 15 is 0 Å². The highest BCUT2D eigenvalue weighted by atomic mass is 35.5. The van der Waals surface area contributed by atoms with E-state index in [2.05, 4.69) is 0 Å². The van der Waals surface area contributed by atoms with Crippen LogP contribution in [-0.4, -0.2) is 5.78 Å². The minimum Gasteiger partial charge on any atom is -0.289 e. The highest BCUT2D eigenvalue weighted by molar-refractivity contribution is 6.34. The average molecular weight is 374 g/mol. The molecular formula is C20H11Cl3O. The van der Waals surface area contributed by atoms with E-state index in [0.717, 1.165) is 16.7 Å². The van der Waals surface area contributed by atoms with Crippen molar-refractivity contribution in [2.75, 3.05) is 0 Å². The Kier molecular flexibility index (Phi) is 3.69. The zero-order valence-electron chi connectivity index (χ0n) is 12.4. The normalized spacial score (nSPS) is 18.9. The van der Waals surface area contributed by atoms with Crippen LogP contribution < -0.4 is 0 Å². The molecular weight excluding hydrogens is 363 g/mol. The highest BCUT2D eigenvalue weighted by Crippen LogP contribution is 2.49. The van der Waals surface area contributed by atoms with Crippen LogP contribution in [0.5, 0.6) is 0 Å². The predicted octanol–water partition coefficient (Wildman–Crippen LogP) is 6.07. The van der Waals surface area contributed by atoms with Crippen LogP contribution in [0.2, 0.25) is 10.0 Å². The molecule has 0 fully saturated rings. The second-order valence-electron chi connectivity index (χ2n) is 5.73. The molecule has 3 aromatic rings. The van der Waals surface area contributed by atoms with E-state index in [1.807, 2.05) is 36.4 Å². The summed E-state index contributed by atoms with van der Waals surface area (Å²) < 4.78 is 0. The van der Waals surface area contributed by atoms with Crippen LogP contribution >= 0.6 is 34.8 Å². The molecule has 0 radical (unpaired) electrons. The zero-order chi connectivity index (χ0) is 16.9. The molecule has 24 heavy (non-hydrogen) atoms.